The number of hydrogen-bond donors (Lipinski definition) is 1. The second kappa shape index (κ2) is 8.71. The van der Waals surface area contributed by atoms with Gasteiger partial charge in [-0.2, -0.15) is 0 Å². The number of hydrogen-bond acceptors (Lipinski definition) is 4. The van der Waals surface area contributed by atoms with Crippen LogP contribution in [-0.4, -0.2) is 35.0 Å². The lowest BCUT2D eigenvalue weighted by Gasteiger charge is -2.13. The van der Waals surface area contributed by atoms with E-state index in [1.165, 1.54) is 4.90 Å². The fraction of sp³-hybridized carbons (Fsp3) is 0.150. The molecule has 0 saturated carbocycles. The summed E-state index contributed by atoms with van der Waals surface area (Å²) in [5.41, 5.74) is 2.53. The Bertz CT molecular complexity index is 928. The van der Waals surface area contributed by atoms with Gasteiger partial charge in [-0.05, 0) is 70.6 Å². The summed E-state index contributed by atoms with van der Waals surface area (Å²) in [6.07, 6.45) is 1.71. The molecule has 1 aliphatic heterocycles. The van der Waals surface area contributed by atoms with Gasteiger partial charge in [0.1, 0.15) is 0 Å². The Morgan fingerprint density at radius 1 is 1.19 bits per heavy atom. The predicted molar refractivity (Wildman–Crippen MR) is 115 cm³/mol. The Balaban J connectivity index is 1.58. The molecule has 3 rings (SSSR count). The van der Waals surface area contributed by atoms with Gasteiger partial charge >= 0.3 is 0 Å². The van der Waals surface area contributed by atoms with Crippen LogP contribution in [0.3, 0.4) is 0 Å². The van der Waals surface area contributed by atoms with Crippen molar-refractivity contribution >= 4 is 57.5 Å². The van der Waals surface area contributed by atoms with Crippen LogP contribution in [0.5, 0.6) is 0 Å². The van der Waals surface area contributed by atoms with E-state index in [-0.39, 0.29) is 30.1 Å². The van der Waals surface area contributed by atoms with Gasteiger partial charge in [0.2, 0.25) is 0 Å². The number of carbonyl (C=O) groups excluding carboxylic acids is 3. The first-order chi connectivity index (χ1) is 13.0. The molecular formula is C20H17IN2O3S. The van der Waals surface area contributed by atoms with Crippen LogP contribution in [0.1, 0.15) is 21.5 Å². The van der Waals surface area contributed by atoms with Gasteiger partial charge in [0.25, 0.3) is 17.1 Å². The normalized spacial score (nSPS) is 15.5. The van der Waals surface area contributed by atoms with Crippen molar-refractivity contribution in [2.75, 3.05) is 13.1 Å². The van der Waals surface area contributed by atoms with Crippen LogP contribution in [0.4, 0.5) is 4.79 Å². The molecule has 27 heavy (non-hydrogen) atoms. The van der Waals surface area contributed by atoms with Crippen molar-refractivity contribution in [3.05, 3.63) is 73.7 Å². The summed E-state index contributed by atoms with van der Waals surface area (Å²) in [5.74, 6) is -0.548. The number of aryl methyl sites for hydroxylation is 1. The lowest BCUT2D eigenvalue weighted by atomic mass is 10.1. The van der Waals surface area contributed by atoms with Crippen LogP contribution in [-0.2, 0) is 4.79 Å². The number of carbonyl (C=O) groups is 3. The molecule has 0 bridgehead atoms. The van der Waals surface area contributed by atoms with E-state index >= 15 is 0 Å². The number of benzene rings is 2. The molecule has 0 aliphatic carbocycles. The highest BCUT2D eigenvalue weighted by Gasteiger charge is 2.34. The number of halogens is 1. The molecule has 1 aliphatic rings. The molecule has 0 radical (unpaired) electrons. The molecule has 0 atom stereocenters. The molecule has 5 nitrogen and oxygen atoms in total. The van der Waals surface area contributed by atoms with E-state index in [0.717, 1.165) is 26.5 Å². The first-order valence-corrected chi connectivity index (χ1v) is 10.2. The standard InChI is InChI=1S/C20H17IN2O3S/c1-13-7-8-15(12-16(13)21)18(24)22-9-10-23-19(25)17(27-20(23)26)11-14-5-3-2-4-6-14/h2-8,11-12H,9-10H2,1H3,(H,22,24). The largest absolute Gasteiger partial charge is 0.350 e. The van der Waals surface area contributed by atoms with Crippen LogP contribution in [0.25, 0.3) is 6.08 Å². The predicted octanol–water partition coefficient (Wildman–Crippen LogP) is 4.07. The first-order valence-electron chi connectivity index (χ1n) is 8.30. The van der Waals surface area contributed by atoms with Gasteiger partial charge in [0, 0.05) is 22.2 Å². The van der Waals surface area contributed by atoms with E-state index < -0.39 is 0 Å². The molecular weight excluding hydrogens is 475 g/mol. The van der Waals surface area contributed by atoms with E-state index in [9.17, 15) is 14.4 Å². The van der Waals surface area contributed by atoms with Crippen LogP contribution in [0.15, 0.2) is 53.4 Å². The van der Waals surface area contributed by atoms with E-state index in [1.54, 1.807) is 12.1 Å². The van der Waals surface area contributed by atoms with Gasteiger partial charge in [-0.15, -0.1) is 0 Å². The van der Waals surface area contributed by atoms with Crippen molar-refractivity contribution in [2.24, 2.45) is 0 Å². The van der Waals surface area contributed by atoms with Crippen LogP contribution in [0.2, 0.25) is 0 Å². The maximum Gasteiger partial charge on any atom is 0.293 e. The summed E-state index contributed by atoms with van der Waals surface area (Å²) in [7, 11) is 0. The molecule has 138 valence electrons. The van der Waals surface area contributed by atoms with Crippen LogP contribution >= 0.6 is 34.4 Å². The monoisotopic (exact) mass is 492 g/mol. The smallest absolute Gasteiger partial charge is 0.293 e. The van der Waals surface area contributed by atoms with Crippen molar-refractivity contribution in [2.45, 2.75) is 6.92 Å². The van der Waals surface area contributed by atoms with Crippen molar-refractivity contribution in [1.29, 1.82) is 0 Å². The minimum absolute atomic E-state index is 0.144. The summed E-state index contributed by atoms with van der Waals surface area (Å²) in [5, 5.41) is 2.44. The highest BCUT2D eigenvalue weighted by atomic mass is 127. The molecule has 3 amide bonds. The van der Waals surface area contributed by atoms with E-state index in [4.69, 9.17) is 0 Å². The third kappa shape index (κ3) is 4.78. The number of rotatable bonds is 5. The summed E-state index contributed by atoms with van der Waals surface area (Å²) >= 11 is 3.10. The van der Waals surface area contributed by atoms with Gasteiger partial charge in [-0.3, -0.25) is 19.3 Å². The van der Waals surface area contributed by atoms with Crippen molar-refractivity contribution in [3.8, 4) is 0 Å². The average molecular weight is 492 g/mol. The Kier molecular flexibility index (Phi) is 6.33. The summed E-state index contributed by atoms with van der Waals surface area (Å²) in [4.78, 5) is 38.4. The SMILES string of the molecule is Cc1ccc(C(=O)NCCN2C(=O)SC(=Cc3ccccc3)C2=O)cc1I. The van der Waals surface area contributed by atoms with E-state index in [2.05, 4.69) is 27.9 Å². The molecule has 1 heterocycles. The van der Waals surface area contributed by atoms with Crippen molar-refractivity contribution in [1.82, 2.24) is 10.2 Å². The number of thioether (sulfide) groups is 1. The van der Waals surface area contributed by atoms with Gasteiger partial charge in [0.15, 0.2) is 0 Å². The highest BCUT2D eigenvalue weighted by molar-refractivity contribution is 14.1. The number of nitrogens with one attached hydrogen (secondary N) is 1. The Morgan fingerprint density at radius 2 is 1.93 bits per heavy atom. The topological polar surface area (TPSA) is 66.5 Å². The molecule has 0 unspecified atom stereocenters. The third-order valence-corrected chi connectivity index (χ3v) is 6.10. The molecule has 1 N–H and O–H groups in total. The highest BCUT2D eigenvalue weighted by Crippen LogP contribution is 2.31. The quantitative estimate of drug-likeness (QED) is 0.505. The molecule has 1 fully saturated rings. The Morgan fingerprint density at radius 3 is 2.63 bits per heavy atom. The minimum atomic E-state index is -0.326. The lowest BCUT2D eigenvalue weighted by Crippen LogP contribution is -2.37. The van der Waals surface area contributed by atoms with Gasteiger partial charge in [-0.1, -0.05) is 36.4 Å². The fourth-order valence-corrected chi connectivity index (χ4v) is 3.89. The summed E-state index contributed by atoms with van der Waals surface area (Å²) < 4.78 is 1.01. The van der Waals surface area contributed by atoms with Crippen LogP contribution in [0, 0.1) is 10.5 Å². The van der Waals surface area contributed by atoms with Crippen molar-refractivity contribution in [3.63, 3.8) is 0 Å². The third-order valence-electron chi connectivity index (χ3n) is 4.03. The summed E-state index contributed by atoms with van der Waals surface area (Å²) in [6, 6.07) is 14.8. The second-order valence-electron chi connectivity index (χ2n) is 5.96. The first kappa shape index (κ1) is 19.6. The summed E-state index contributed by atoms with van der Waals surface area (Å²) in [6.45, 7) is 2.33. The lowest BCUT2D eigenvalue weighted by molar-refractivity contribution is -0.122. The van der Waals surface area contributed by atoms with E-state index in [1.807, 2.05) is 49.4 Å². The van der Waals surface area contributed by atoms with Crippen LogP contribution < -0.4 is 5.32 Å². The zero-order chi connectivity index (χ0) is 19.4. The number of imide groups is 1. The molecule has 0 spiro atoms. The number of nitrogens with zero attached hydrogens (tertiary/aromatic N) is 1. The second-order valence-corrected chi connectivity index (χ2v) is 8.12. The zero-order valence-corrected chi connectivity index (χ0v) is 17.5. The fourth-order valence-electron chi connectivity index (χ4n) is 2.51. The molecule has 2 aromatic carbocycles. The molecule has 1 saturated heterocycles. The number of amides is 3. The molecule has 2 aromatic rings. The van der Waals surface area contributed by atoms with E-state index in [0.29, 0.717) is 10.5 Å². The average Bonchev–Trinajstić information content (AvgIpc) is 2.92. The Hall–Kier alpha value is -2.13. The van der Waals surface area contributed by atoms with Gasteiger partial charge in [-0.25, -0.2) is 0 Å². The Labute approximate surface area is 175 Å². The minimum Gasteiger partial charge on any atom is -0.350 e. The molecule has 7 heteroatoms. The van der Waals surface area contributed by atoms with Gasteiger partial charge < -0.3 is 5.32 Å². The maximum atomic E-state index is 12.5. The zero-order valence-electron chi connectivity index (χ0n) is 14.6. The van der Waals surface area contributed by atoms with Gasteiger partial charge in [0.05, 0.1) is 4.91 Å². The molecule has 0 aromatic heterocycles. The maximum absolute atomic E-state index is 12.5. The van der Waals surface area contributed by atoms with Crippen molar-refractivity contribution < 1.29 is 14.4 Å².